The maximum Gasteiger partial charge on any atom is 0.170 e. The molecule has 2 nitrogen and oxygen atoms in total. The van der Waals surface area contributed by atoms with Crippen LogP contribution in [0, 0.1) is 11.8 Å². The second kappa shape index (κ2) is 4.99. The minimum absolute atomic E-state index is 0.112. The van der Waals surface area contributed by atoms with Crippen LogP contribution in [0.2, 0.25) is 0 Å². The molecule has 3 aliphatic rings. The fourth-order valence-electron chi connectivity index (χ4n) is 4.32. The number of nitrogens with zero attached hydrogens (tertiary/aromatic N) is 1. The summed E-state index contributed by atoms with van der Waals surface area (Å²) in [5, 5.41) is 0. The van der Waals surface area contributed by atoms with Crippen molar-refractivity contribution >= 4 is 6.40 Å². The van der Waals surface area contributed by atoms with Crippen molar-refractivity contribution in [3.8, 4) is 0 Å². The second-order valence-corrected chi connectivity index (χ2v) is 6.19. The molecule has 17 heavy (non-hydrogen) atoms. The van der Waals surface area contributed by atoms with Gasteiger partial charge in [0.25, 0.3) is 0 Å². The Morgan fingerprint density at radius 2 is 1.35 bits per heavy atom. The van der Waals surface area contributed by atoms with Crippen LogP contribution in [0.3, 0.4) is 0 Å². The van der Waals surface area contributed by atoms with Gasteiger partial charge in [-0.25, -0.2) is 0 Å². The fraction of sp³-hybridized carbons (Fsp3) is 0.933. The van der Waals surface area contributed by atoms with E-state index in [4.69, 9.17) is 4.74 Å². The van der Waals surface area contributed by atoms with Crippen molar-refractivity contribution in [2.24, 2.45) is 16.8 Å². The average Bonchev–Trinajstić information content (AvgIpc) is 2.91. The molecule has 0 aromatic heterocycles. The SMILES string of the molecule is C1=NCC(C2CCCCC2)(C2CCCCC2)O1. The van der Waals surface area contributed by atoms with E-state index in [1.807, 2.05) is 0 Å². The lowest BCUT2D eigenvalue weighted by atomic mass is 9.66. The minimum atomic E-state index is 0.112. The van der Waals surface area contributed by atoms with Gasteiger partial charge in [-0.05, 0) is 25.7 Å². The molecule has 1 aliphatic heterocycles. The summed E-state index contributed by atoms with van der Waals surface area (Å²) in [6, 6.07) is 0. The molecule has 0 saturated heterocycles. The molecule has 0 N–H and O–H groups in total. The number of aliphatic imine (C=N–C) groups is 1. The van der Waals surface area contributed by atoms with Gasteiger partial charge in [-0.2, -0.15) is 0 Å². The highest BCUT2D eigenvalue weighted by atomic mass is 16.5. The third-order valence-electron chi connectivity index (χ3n) is 5.28. The van der Waals surface area contributed by atoms with Crippen LogP contribution in [0.25, 0.3) is 0 Å². The Kier molecular flexibility index (Phi) is 3.39. The highest BCUT2D eigenvalue weighted by Gasteiger charge is 2.48. The molecular weight excluding hydrogens is 210 g/mol. The lowest BCUT2D eigenvalue weighted by Crippen LogP contribution is -2.49. The van der Waals surface area contributed by atoms with Crippen molar-refractivity contribution in [2.45, 2.75) is 69.8 Å². The van der Waals surface area contributed by atoms with Crippen molar-refractivity contribution in [3.63, 3.8) is 0 Å². The summed E-state index contributed by atoms with van der Waals surface area (Å²) in [4.78, 5) is 4.44. The first-order chi connectivity index (χ1) is 8.42. The van der Waals surface area contributed by atoms with E-state index < -0.39 is 0 Å². The molecule has 0 amide bonds. The summed E-state index contributed by atoms with van der Waals surface area (Å²) in [5.41, 5.74) is 0.112. The molecule has 0 aromatic carbocycles. The summed E-state index contributed by atoms with van der Waals surface area (Å²) >= 11 is 0. The third-order valence-corrected chi connectivity index (χ3v) is 5.28. The molecule has 0 atom stereocenters. The summed E-state index contributed by atoms with van der Waals surface area (Å²) in [6.45, 7) is 0.947. The topological polar surface area (TPSA) is 21.6 Å². The Bertz CT molecular complexity index is 247. The molecule has 0 spiro atoms. The van der Waals surface area contributed by atoms with E-state index in [1.54, 1.807) is 6.40 Å². The van der Waals surface area contributed by atoms with Gasteiger partial charge in [0.1, 0.15) is 5.60 Å². The Balaban J connectivity index is 1.76. The van der Waals surface area contributed by atoms with Gasteiger partial charge in [0, 0.05) is 11.8 Å². The predicted molar refractivity (Wildman–Crippen MR) is 70.3 cm³/mol. The monoisotopic (exact) mass is 235 g/mol. The first-order valence-electron chi connectivity index (χ1n) is 7.58. The maximum atomic E-state index is 6.13. The smallest absolute Gasteiger partial charge is 0.170 e. The standard InChI is InChI=1S/C15H25NO/c1-3-7-13(8-4-1)15(11-16-12-17-15)14-9-5-2-6-10-14/h12-14H,1-11H2. The predicted octanol–water partition coefficient (Wildman–Crippen LogP) is 3.94. The minimum Gasteiger partial charge on any atom is -0.475 e. The van der Waals surface area contributed by atoms with Crippen molar-refractivity contribution in [1.82, 2.24) is 0 Å². The van der Waals surface area contributed by atoms with Crippen molar-refractivity contribution in [1.29, 1.82) is 0 Å². The maximum absolute atomic E-state index is 6.13. The highest BCUT2D eigenvalue weighted by Crippen LogP contribution is 2.46. The molecule has 2 aliphatic carbocycles. The van der Waals surface area contributed by atoms with Crippen LogP contribution in [0.5, 0.6) is 0 Å². The van der Waals surface area contributed by atoms with Gasteiger partial charge < -0.3 is 4.74 Å². The third kappa shape index (κ3) is 2.11. The zero-order valence-corrected chi connectivity index (χ0v) is 10.9. The van der Waals surface area contributed by atoms with E-state index in [0.29, 0.717) is 0 Å². The van der Waals surface area contributed by atoms with Gasteiger partial charge >= 0.3 is 0 Å². The zero-order valence-electron chi connectivity index (χ0n) is 10.9. The van der Waals surface area contributed by atoms with E-state index in [2.05, 4.69) is 4.99 Å². The lowest BCUT2D eigenvalue weighted by Gasteiger charge is -2.45. The molecule has 0 aromatic rings. The van der Waals surface area contributed by atoms with E-state index in [-0.39, 0.29) is 5.60 Å². The Morgan fingerprint density at radius 3 is 1.76 bits per heavy atom. The second-order valence-electron chi connectivity index (χ2n) is 6.19. The van der Waals surface area contributed by atoms with Gasteiger partial charge in [-0.3, -0.25) is 4.99 Å². The van der Waals surface area contributed by atoms with Crippen LogP contribution < -0.4 is 0 Å². The first-order valence-corrected chi connectivity index (χ1v) is 7.58. The first kappa shape index (κ1) is 11.6. The van der Waals surface area contributed by atoms with E-state index >= 15 is 0 Å². The fourth-order valence-corrected chi connectivity index (χ4v) is 4.32. The van der Waals surface area contributed by atoms with E-state index in [1.165, 1.54) is 64.2 Å². The summed E-state index contributed by atoms with van der Waals surface area (Å²) < 4.78 is 6.13. The molecule has 2 fully saturated rings. The number of hydrogen-bond donors (Lipinski definition) is 0. The Morgan fingerprint density at radius 1 is 0.824 bits per heavy atom. The molecule has 96 valence electrons. The summed E-state index contributed by atoms with van der Waals surface area (Å²) in [5.74, 6) is 1.56. The molecule has 1 heterocycles. The van der Waals surface area contributed by atoms with Crippen LogP contribution in [0.4, 0.5) is 0 Å². The van der Waals surface area contributed by atoms with E-state index in [9.17, 15) is 0 Å². The molecule has 0 bridgehead atoms. The number of hydrogen-bond acceptors (Lipinski definition) is 2. The normalized spacial score (nSPS) is 30.4. The summed E-state index contributed by atoms with van der Waals surface area (Å²) in [6.07, 6.45) is 15.7. The average molecular weight is 235 g/mol. The van der Waals surface area contributed by atoms with Gasteiger partial charge in [0.2, 0.25) is 0 Å². The molecule has 2 saturated carbocycles. The molecule has 3 rings (SSSR count). The van der Waals surface area contributed by atoms with Crippen LogP contribution >= 0.6 is 0 Å². The number of rotatable bonds is 2. The van der Waals surface area contributed by atoms with Gasteiger partial charge in [-0.1, -0.05) is 38.5 Å². The highest BCUT2D eigenvalue weighted by molar-refractivity contribution is 5.50. The van der Waals surface area contributed by atoms with Gasteiger partial charge in [0.05, 0.1) is 6.54 Å². The summed E-state index contributed by atoms with van der Waals surface area (Å²) in [7, 11) is 0. The van der Waals surface area contributed by atoms with Crippen molar-refractivity contribution in [3.05, 3.63) is 0 Å². The van der Waals surface area contributed by atoms with E-state index in [0.717, 1.165) is 18.4 Å². The Hall–Kier alpha value is -0.530. The largest absolute Gasteiger partial charge is 0.475 e. The Labute approximate surface area is 105 Å². The quantitative estimate of drug-likeness (QED) is 0.710. The number of ether oxygens (including phenoxy) is 1. The van der Waals surface area contributed by atoms with Crippen molar-refractivity contribution in [2.75, 3.05) is 6.54 Å². The van der Waals surface area contributed by atoms with Crippen LogP contribution in [-0.4, -0.2) is 18.5 Å². The lowest BCUT2D eigenvalue weighted by molar-refractivity contribution is -0.0534. The van der Waals surface area contributed by atoms with Gasteiger partial charge in [-0.15, -0.1) is 0 Å². The molecule has 2 heteroatoms. The van der Waals surface area contributed by atoms with Crippen LogP contribution in [0.15, 0.2) is 4.99 Å². The molecular formula is C15H25NO. The zero-order chi connectivity index (χ0) is 11.6. The van der Waals surface area contributed by atoms with Gasteiger partial charge in [0.15, 0.2) is 6.40 Å². The molecule has 0 radical (unpaired) electrons. The van der Waals surface area contributed by atoms with Crippen LogP contribution in [0.1, 0.15) is 64.2 Å². The van der Waals surface area contributed by atoms with Crippen molar-refractivity contribution < 1.29 is 4.74 Å². The molecule has 0 unspecified atom stereocenters. The van der Waals surface area contributed by atoms with Crippen LogP contribution in [-0.2, 0) is 4.74 Å².